The summed E-state index contributed by atoms with van der Waals surface area (Å²) in [6.07, 6.45) is 1.30. The molecule has 0 bridgehead atoms. The van der Waals surface area contributed by atoms with Crippen molar-refractivity contribution in [1.82, 2.24) is 4.98 Å². The van der Waals surface area contributed by atoms with Gasteiger partial charge in [-0.15, -0.1) is 0 Å². The Morgan fingerprint density at radius 3 is 2.78 bits per heavy atom. The van der Waals surface area contributed by atoms with Crippen LogP contribution < -0.4 is 5.63 Å². The van der Waals surface area contributed by atoms with Crippen molar-refractivity contribution in [3.05, 3.63) is 64.5 Å². The molecule has 0 saturated carbocycles. The Bertz CT molecular complexity index is 1080. The number of hydrogen-bond donors (Lipinski definition) is 1. The molecule has 0 fully saturated rings. The molecule has 2 aromatic carbocycles. The van der Waals surface area contributed by atoms with E-state index in [2.05, 4.69) is 9.98 Å². The van der Waals surface area contributed by atoms with E-state index in [4.69, 9.17) is 4.42 Å². The molecule has 2 heterocycles. The lowest BCUT2D eigenvalue weighted by molar-refractivity contribution is 0.466. The minimum Gasteiger partial charge on any atom is -0.506 e. The summed E-state index contributed by atoms with van der Waals surface area (Å²) in [4.78, 5) is 20.6. The SMILES string of the molecule is O=c1oc2ccccc2c(O)c1/C=N/c1nc2ccccc2s1. The number of aliphatic imine (C=N–C) groups is 1. The molecule has 1 N–H and O–H groups in total. The maximum Gasteiger partial charge on any atom is 0.348 e. The molecule has 23 heavy (non-hydrogen) atoms. The van der Waals surface area contributed by atoms with E-state index in [1.807, 2.05) is 24.3 Å². The van der Waals surface area contributed by atoms with E-state index in [-0.39, 0.29) is 11.3 Å². The monoisotopic (exact) mass is 322 g/mol. The van der Waals surface area contributed by atoms with Gasteiger partial charge < -0.3 is 9.52 Å². The fraction of sp³-hybridized carbons (Fsp3) is 0. The van der Waals surface area contributed by atoms with Crippen LogP contribution in [0.25, 0.3) is 21.2 Å². The van der Waals surface area contributed by atoms with Gasteiger partial charge in [0.25, 0.3) is 0 Å². The number of aromatic nitrogens is 1. The summed E-state index contributed by atoms with van der Waals surface area (Å²) < 4.78 is 6.21. The van der Waals surface area contributed by atoms with Crippen molar-refractivity contribution in [2.75, 3.05) is 0 Å². The van der Waals surface area contributed by atoms with Gasteiger partial charge in [-0.1, -0.05) is 35.6 Å². The third-order valence-corrected chi connectivity index (χ3v) is 4.35. The van der Waals surface area contributed by atoms with Gasteiger partial charge in [-0.25, -0.2) is 14.8 Å². The van der Waals surface area contributed by atoms with Gasteiger partial charge in [-0.05, 0) is 24.3 Å². The van der Waals surface area contributed by atoms with E-state index in [0.717, 1.165) is 10.2 Å². The third-order valence-electron chi connectivity index (χ3n) is 3.41. The molecule has 0 atom stereocenters. The van der Waals surface area contributed by atoms with E-state index in [0.29, 0.717) is 16.1 Å². The highest BCUT2D eigenvalue weighted by Crippen LogP contribution is 2.29. The van der Waals surface area contributed by atoms with Crippen LogP contribution in [0.5, 0.6) is 5.75 Å². The quantitative estimate of drug-likeness (QED) is 0.449. The first-order valence-corrected chi connectivity index (χ1v) is 7.68. The first-order chi connectivity index (χ1) is 11.2. The lowest BCUT2D eigenvalue weighted by atomic mass is 10.1. The fourth-order valence-electron chi connectivity index (χ4n) is 2.30. The van der Waals surface area contributed by atoms with Gasteiger partial charge in [0.1, 0.15) is 16.9 Å². The van der Waals surface area contributed by atoms with Gasteiger partial charge in [0.2, 0.25) is 5.13 Å². The van der Waals surface area contributed by atoms with Crippen molar-refractivity contribution in [2.45, 2.75) is 0 Å². The largest absolute Gasteiger partial charge is 0.506 e. The molecule has 2 aromatic heterocycles. The van der Waals surface area contributed by atoms with Crippen LogP contribution in [0.1, 0.15) is 5.56 Å². The minimum atomic E-state index is -0.633. The Balaban J connectivity index is 1.81. The molecule has 4 aromatic rings. The van der Waals surface area contributed by atoms with E-state index >= 15 is 0 Å². The number of nitrogens with zero attached hydrogens (tertiary/aromatic N) is 2. The maximum atomic E-state index is 12.0. The Kier molecular flexibility index (Phi) is 3.17. The van der Waals surface area contributed by atoms with E-state index in [9.17, 15) is 9.90 Å². The molecule has 6 heteroatoms. The van der Waals surface area contributed by atoms with Gasteiger partial charge in [0, 0.05) is 6.21 Å². The highest BCUT2D eigenvalue weighted by atomic mass is 32.1. The van der Waals surface area contributed by atoms with Gasteiger partial charge in [0.15, 0.2) is 0 Å². The molecule has 0 spiro atoms. The number of rotatable bonds is 2. The normalized spacial score (nSPS) is 11.7. The lowest BCUT2D eigenvalue weighted by Gasteiger charge is -2.01. The molecule has 0 unspecified atom stereocenters. The van der Waals surface area contributed by atoms with E-state index < -0.39 is 5.63 Å². The van der Waals surface area contributed by atoms with Crippen LogP contribution in [0.2, 0.25) is 0 Å². The summed E-state index contributed by atoms with van der Waals surface area (Å²) in [5.41, 5.74) is 0.570. The number of hydrogen-bond acceptors (Lipinski definition) is 6. The van der Waals surface area contributed by atoms with Crippen molar-refractivity contribution in [2.24, 2.45) is 4.99 Å². The Morgan fingerprint density at radius 1 is 1.13 bits per heavy atom. The molecule has 112 valence electrons. The Labute approximate surface area is 134 Å². The van der Waals surface area contributed by atoms with Crippen molar-refractivity contribution < 1.29 is 9.52 Å². The molecule has 0 aliphatic rings. The second-order valence-electron chi connectivity index (χ2n) is 4.87. The average molecular weight is 322 g/mol. The smallest absolute Gasteiger partial charge is 0.348 e. The zero-order valence-corrected chi connectivity index (χ0v) is 12.6. The number of aromatic hydroxyl groups is 1. The predicted molar refractivity (Wildman–Crippen MR) is 91.0 cm³/mol. The lowest BCUT2D eigenvalue weighted by Crippen LogP contribution is -2.06. The van der Waals surface area contributed by atoms with Crippen LogP contribution in [0, 0.1) is 0 Å². The topological polar surface area (TPSA) is 75.7 Å². The first kappa shape index (κ1) is 13.7. The Hall–Kier alpha value is -2.99. The van der Waals surface area contributed by atoms with E-state index in [1.165, 1.54) is 17.6 Å². The standard InChI is InChI=1S/C17H10N2O3S/c20-15-10-5-1-3-7-13(10)22-16(21)11(15)9-18-17-19-12-6-2-4-8-14(12)23-17/h1-9,20H/b18-9+. The van der Waals surface area contributed by atoms with E-state index in [1.54, 1.807) is 24.3 Å². The van der Waals surface area contributed by atoms with Crippen LogP contribution in [-0.4, -0.2) is 16.3 Å². The summed E-state index contributed by atoms with van der Waals surface area (Å²) >= 11 is 1.41. The Morgan fingerprint density at radius 2 is 1.91 bits per heavy atom. The second-order valence-corrected chi connectivity index (χ2v) is 5.88. The number of fused-ring (bicyclic) bond motifs is 2. The predicted octanol–water partition coefficient (Wildman–Crippen LogP) is 3.86. The molecule has 5 nitrogen and oxygen atoms in total. The number of benzene rings is 2. The van der Waals surface area contributed by atoms with Crippen LogP contribution in [0.4, 0.5) is 5.13 Å². The van der Waals surface area contributed by atoms with Gasteiger partial charge in [0.05, 0.1) is 15.6 Å². The van der Waals surface area contributed by atoms with Crippen molar-refractivity contribution in [1.29, 1.82) is 0 Å². The zero-order chi connectivity index (χ0) is 15.8. The molecular formula is C17H10N2O3S. The van der Waals surface area contributed by atoms with Crippen LogP contribution in [-0.2, 0) is 0 Å². The molecule has 0 aliphatic heterocycles. The summed E-state index contributed by atoms with van der Waals surface area (Å²) in [6, 6.07) is 14.5. The number of thiazole rings is 1. The van der Waals surface area contributed by atoms with Crippen LogP contribution >= 0.6 is 11.3 Å². The summed E-state index contributed by atoms with van der Waals surface area (Å²) in [7, 11) is 0. The summed E-state index contributed by atoms with van der Waals surface area (Å²) in [6.45, 7) is 0. The summed E-state index contributed by atoms with van der Waals surface area (Å²) in [5, 5.41) is 11.3. The average Bonchev–Trinajstić information content (AvgIpc) is 2.97. The van der Waals surface area contributed by atoms with Crippen molar-refractivity contribution >= 4 is 43.9 Å². The third kappa shape index (κ3) is 2.39. The highest BCUT2D eigenvalue weighted by Gasteiger charge is 2.12. The molecule has 4 rings (SSSR count). The zero-order valence-electron chi connectivity index (χ0n) is 11.8. The number of para-hydroxylation sites is 2. The minimum absolute atomic E-state index is 0.0166. The highest BCUT2D eigenvalue weighted by molar-refractivity contribution is 7.22. The van der Waals surface area contributed by atoms with Crippen LogP contribution in [0.3, 0.4) is 0 Å². The molecule has 0 amide bonds. The van der Waals surface area contributed by atoms with Gasteiger partial charge in [-0.3, -0.25) is 0 Å². The fourth-order valence-corrected chi connectivity index (χ4v) is 3.11. The maximum absolute atomic E-state index is 12.0. The van der Waals surface area contributed by atoms with Crippen molar-refractivity contribution in [3.8, 4) is 5.75 Å². The second kappa shape index (κ2) is 5.33. The molecule has 0 aliphatic carbocycles. The van der Waals surface area contributed by atoms with Crippen LogP contribution in [0.15, 0.2) is 62.7 Å². The molecule has 0 radical (unpaired) electrons. The van der Waals surface area contributed by atoms with Gasteiger partial charge in [-0.2, -0.15) is 0 Å². The first-order valence-electron chi connectivity index (χ1n) is 6.87. The molecule has 0 saturated heterocycles. The summed E-state index contributed by atoms with van der Waals surface area (Å²) in [5.74, 6) is -0.137. The molecular weight excluding hydrogens is 312 g/mol. The van der Waals surface area contributed by atoms with Crippen molar-refractivity contribution in [3.63, 3.8) is 0 Å². The van der Waals surface area contributed by atoms with Gasteiger partial charge >= 0.3 is 5.63 Å².